The third-order valence-electron chi connectivity index (χ3n) is 8.24. The number of esters is 2. The second-order valence-corrected chi connectivity index (χ2v) is 11.6. The molecule has 0 fully saturated rings. The largest absolute Gasteiger partial charge is 0.463 e. The number of hydrogen-bond acceptors (Lipinski definition) is 8. The molecule has 2 aromatic carbocycles. The first-order valence-electron chi connectivity index (χ1n) is 16.1. The molecule has 9 nitrogen and oxygen atoms in total. The van der Waals surface area contributed by atoms with Crippen LogP contribution in [0, 0.1) is 17.8 Å². The number of rotatable bonds is 9. The summed E-state index contributed by atoms with van der Waals surface area (Å²) in [5, 5.41) is 3.21. The minimum Gasteiger partial charge on any atom is -0.463 e. The Morgan fingerprint density at radius 1 is 0.922 bits per heavy atom. The number of aromatic nitrogens is 4. The molecule has 0 bridgehead atoms. The number of nitrogens with zero attached hydrogens (tertiary/aromatic N) is 4. The van der Waals surface area contributed by atoms with Crippen molar-refractivity contribution in [1.29, 1.82) is 0 Å². The summed E-state index contributed by atoms with van der Waals surface area (Å²) in [7, 11) is 0. The molecule has 5 aromatic rings. The number of ether oxygens (including phenoxy) is 2. The Hall–Kier alpha value is -6.22. The zero-order valence-corrected chi connectivity index (χ0v) is 27.7. The average Bonchev–Trinajstić information content (AvgIpc) is 3.54. The van der Waals surface area contributed by atoms with Crippen LogP contribution < -0.4 is 5.32 Å². The Morgan fingerprint density at radius 3 is 2.45 bits per heavy atom. The Bertz CT molecular complexity index is 2200. The molecule has 1 aliphatic rings. The second kappa shape index (κ2) is 15.1. The van der Waals surface area contributed by atoms with Gasteiger partial charge in [-0.25, -0.2) is 14.6 Å². The highest BCUT2D eigenvalue weighted by Gasteiger charge is 2.40. The first kappa shape index (κ1) is 34.6. The summed E-state index contributed by atoms with van der Waals surface area (Å²) < 4.78 is 55.0. The fraction of sp³-hybridized carbons (Fsp3) is 0.205. The van der Waals surface area contributed by atoms with Gasteiger partial charge in [-0.15, -0.1) is 0 Å². The molecule has 0 aliphatic carbocycles. The molecule has 0 amide bonds. The SMILES string of the molecule is CCOC(=O)C1=C(c2cccc(-n3c(C(F)(F)F)nc4cnccc43)c2)NC(C)=C(C(=O)OCC#Cc2cccnc2)C1CCc1ccccc1. The fourth-order valence-electron chi connectivity index (χ4n) is 6.06. The molecule has 0 radical (unpaired) electrons. The van der Waals surface area contributed by atoms with Gasteiger partial charge in [-0.3, -0.25) is 14.5 Å². The van der Waals surface area contributed by atoms with Crippen LogP contribution in [0.3, 0.4) is 0 Å². The number of benzene rings is 2. The van der Waals surface area contributed by atoms with Gasteiger partial charge in [0.05, 0.1) is 35.2 Å². The van der Waals surface area contributed by atoms with E-state index >= 15 is 0 Å². The molecule has 1 atom stereocenters. The van der Waals surface area contributed by atoms with Gasteiger partial charge in [0.25, 0.3) is 0 Å². The molecule has 1 unspecified atom stereocenters. The van der Waals surface area contributed by atoms with Crippen LogP contribution >= 0.6 is 0 Å². The van der Waals surface area contributed by atoms with Gasteiger partial charge >= 0.3 is 18.1 Å². The van der Waals surface area contributed by atoms with Gasteiger partial charge in [-0.1, -0.05) is 54.3 Å². The van der Waals surface area contributed by atoms with Gasteiger partial charge in [0.15, 0.2) is 6.61 Å². The molecule has 3 aromatic heterocycles. The third-order valence-corrected chi connectivity index (χ3v) is 8.24. The number of carbonyl (C=O) groups excluding carboxylic acids is 2. The summed E-state index contributed by atoms with van der Waals surface area (Å²) >= 11 is 0. The number of imidazole rings is 1. The van der Waals surface area contributed by atoms with Crippen LogP contribution in [0.5, 0.6) is 0 Å². The van der Waals surface area contributed by atoms with Gasteiger partial charge < -0.3 is 14.8 Å². The maximum Gasteiger partial charge on any atom is 0.450 e. The van der Waals surface area contributed by atoms with Gasteiger partial charge in [-0.2, -0.15) is 13.2 Å². The molecular formula is C39H32F3N5O4. The van der Waals surface area contributed by atoms with Crippen LogP contribution in [0.15, 0.2) is 114 Å². The molecule has 0 saturated heterocycles. The predicted octanol–water partition coefficient (Wildman–Crippen LogP) is 6.83. The third kappa shape index (κ3) is 7.68. The number of nitrogens with one attached hydrogen (secondary N) is 1. The topological polar surface area (TPSA) is 108 Å². The van der Waals surface area contributed by atoms with Crippen molar-refractivity contribution < 1.29 is 32.2 Å². The first-order valence-corrected chi connectivity index (χ1v) is 16.1. The minimum absolute atomic E-state index is 0.0530. The summed E-state index contributed by atoms with van der Waals surface area (Å²) in [5.74, 6) is 2.47. The number of pyridine rings is 2. The highest BCUT2D eigenvalue weighted by Crippen LogP contribution is 2.39. The number of alkyl halides is 3. The van der Waals surface area contributed by atoms with E-state index in [4.69, 9.17) is 9.47 Å². The first-order chi connectivity index (χ1) is 24.7. The average molecular weight is 692 g/mol. The molecule has 0 spiro atoms. The highest BCUT2D eigenvalue weighted by atomic mass is 19.4. The molecule has 258 valence electrons. The van der Waals surface area contributed by atoms with Crippen LogP contribution in [-0.2, 0) is 31.7 Å². The van der Waals surface area contributed by atoms with Crippen LogP contribution in [0.1, 0.15) is 42.8 Å². The van der Waals surface area contributed by atoms with Crippen LogP contribution in [0.25, 0.3) is 22.4 Å². The molecule has 6 rings (SSSR count). The monoisotopic (exact) mass is 691 g/mol. The predicted molar refractivity (Wildman–Crippen MR) is 184 cm³/mol. The van der Waals surface area contributed by atoms with Crippen LogP contribution in [0.2, 0.25) is 0 Å². The van der Waals surface area contributed by atoms with Crippen molar-refractivity contribution in [2.24, 2.45) is 5.92 Å². The van der Waals surface area contributed by atoms with Crippen molar-refractivity contribution >= 4 is 28.7 Å². The van der Waals surface area contributed by atoms with Crippen LogP contribution in [-0.4, -0.2) is 44.7 Å². The van der Waals surface area contributed by atoms with E-state index in [-0.39, 0.29) is 41.1 Å². The van der Waals surface area contributed by atoms with Gasteiger partial charge in [0.1, 0.15) is 5.52 Å². The van der Waals surface area contributed by atoms with Gasteiger partial charge in [0, 0.05) is 47.0 Å². The van der Waals surface area contributed by atoms with E-state index in [9.17, 15) is 22.8 Å². The number of allylic oxidation sites excluding steroid dienone is 1. The molecule has 51 heavy (non-hydrogen) atoms. The van der Waals surface area contributed by atoms with Crippen molar-refractivity contribution in [2.45, 2.75) is 32.9 Å². The zero-order chi connectivity index (χ0) is 36.0. The summed E-state index contributed by atoms with van der Waals surface area (Å²) in [4.78, 5) is 39.4. The summed E-state index contributed by atoms with van der Waals surface area (Å²) in [6.45, 7) is 3.21. The quantitative estimate of drug-likeness (QED) is 0.132. The maximum absolute atomic E-state index is 14.3. The Morgan fingerprint density at radius 2 is 1.71 bits per heavy atom. The highest BCUT2D eigenvalue weighted by molar-refractivity contribution is 6.03. The lowest BCUT2D eigenvalue weighted by Crippen LogP contribution is -2.34. The summed E-state index contributed by atoms with van der Waals surface area (Å²) in [5.41, 5.74) is 3.58. The van der Waals surface area contributed by atoms with Crippen LogP contribution in [0.4, 0.5) is 13.2 Å². The normalized spacial score (nSPS) is 14.5. The lowest BCUT2D eigenvalue weighted by atomic mass is 9.80. The Balaban J connectivity index is 1.43. The summed E-state index contributed by atoms with van der Waals surface area (Å²) in [6.07, 6.45) is 1.93. The number of halogens is 3. The molecule has 1 aliphatic heterocycles. The van der Waals surface area contributed by atoms with E-state index in [0.29, 0.717) is 35.4 Å². The smallest absolute Gasteiger partial charge is 0.450 e. The zero-order valence-electron chi connectivity index (χ0n) is 27.7. The lowest BCUT2D eigenvalue weighted by molar-refractivity contribution is -0.145. The maximum atomic E-state index is 14.3. The number of carbonyl (C=O) groups is 2. The summed E-state index contributed by atoms with van der Waals surface area (Å²) in [6, 6.07) is 20.9. The number of aryl methyl sites for hydroxylation is 1. The Kier molecular flexibility index (Phi) is 10.3. The molecule has 4 heterocycles. The molecule has 0 saturated carbocycles. The van der Waals surface area contributed by atoms with E-state index in [1.165, 1.54) is 30.6 Å². The number of fused-ring (bicyclic) bond motifs is 1. The van der Waals surface area contributed by atoms with Gasteiger partial charge in [0.2, 0.25) is 5.82 Å². The molecule has 12 heteroatoms. The number of dihydropyridines is 1. The Labute approximate surface area is 291 Å². The molecule has 1 N–H and O–H groups in total. The second-order valence-electron chi connectivity index (χ2n) is 11.6. The number of hydrogen-bond donors (Lipinski definition) is 1. The lowest BCUT2D eigenvalue weighted by Gasteiger charge is -2.31. The van der Waals surface area contributed by atoms with E-state index < -0.39 is 29.9 Å². The van der Waals surface area contributed by atoms with E-state index in [1.807, 2.05) is 30.3 Å². The van der Waals surface area contributed by atoms with Gasteiger partial charge in [-0.05, 0) is 62.6 Å². The van der Waals surface area contributed by atoms with E-state index in [0.717, 1.165) is 10.1 Å². The van der Waals surface area contributed by atoms with Crippen molar-refractivity contribution in [1.82, 2.24) is 24.8 Å². The van der Waals surface area contributed by atoms with Crippen molar-refractivity contribution in [3.63, 3.8) is 0 Å². The molecular weight excluding hydrogens is 659 g/mol. The van der Waals surface area contributed by atoms with E-state index in [2.05, 4.69) is 32.1 Å². The van der Waals surface area contributed by atoms with Crippen molar-refractivity contribution in [3.05, 3.63) is 137 Å². The van der Waals surface area contributed by atoms with Crippen molar-refractivity contribution in [3.8, 4) is 17.5 Å². The minimum atomic E-state index is -4.77. The van der Waals surface area contributed by atoms with E-state index in [1.54, 1.807) is 50.5 Å². The fourth-order valence-corrected chi connectivity index (χ4v) is 6.06. The van der Waals surface area contributed by atoms with Crippen molar-refractivity contribution in [2.75, 3.05) is 13.2 Å². The standard InChI is InChI=1S/C39H32F3N5O4/c1-3-50-37(49)34-30(17-16-26-10-5-4-6-11-26)33(36(48)51-21-9-13-27-12-8-19-43-23-27)25(2)45-35(34)28-14-7-15-29(22-28)47-32-18-20-44-24-31(32)46-38(47)39(40,41)42/h4-8,10-12,14-15,18-20,22-24,30,45H,3,16-17,21H2,1-2H3.